The summed E-state index contributed by atoms with van der Waals surface area (Å²) < 4.78 is 0. The second-order valence-corrected chi connectivity index (χ2v) is 6.54. The van der Waals surface area contributed by atoms with Crippen molar-refractivity contribution in [2.75, 3.05) is 18.4 Å². The van der Waals surface area contributed by atoms with Gasteiger partial charge in [0.25, 0.3) is 5.91 Å². The van der Waals surface area contributed by atoms with Crippen molar-refractivity contribution in [3.05, 3.63) is 83.9 Å². The number of carbonyl (C=O) groups excluding carboxylic acids is 1. The van der Waals surface area contributed by atoms with Gasteiger partial charge in [0.15, 0.2) is 0 Å². The first-order valence-corrected chi connectivity index (χ1v) is 9.01. The highest BCUT2D eigenvalue weighted by Crippen LogP contribution is 2.25. The zero-order chi connectivity index (χ0) is 17.8. The first-order chi connectivity index (χ1) is 12.8. The number of aromatic amines is 1. The van der Waals surface area contributed by atoms with Gasteiger partial charge in [-0.1, -0.05) is 36.4 Å². The summed E-state index contributed by atoms with van der Waals surface area (Å²) in [4.78, 5) is 22.2. The van der Waals surface area contributed by atoms with Crippen LogP contribution in [0.4, 0.5) is 5.69 Å². The molecule has 26 heavy (non-hydrogen) atoms. The molecule has 132 valence electrons. The number of nitrogens with one attached hydrogen (secondary N) is 2. The van der Waals surface area contributed by atoms with Crippen molar-refractivity contribution in [1.82, 2.24) is 14.9 Å². The number of likely N-dealkylation sites (tertiary alicyclic amines) is 1. The Labute approximate surface area is 153 Å². The highest BCUT2D eigenvalue weighted by atomic mass is 16.2. The van der Waals surface area contributed by atoms with Crippen molar-refractivity contribution in [1.29, 1.82) is 0 Å². The number of imidazole rings is 1. The van der Waals surface area contributed by atoms with Crippen LogP contribution in [-0.2, 0) is 0 Å². The molecule has 0 unspecified atom stereocenters. The number of carbonyl (C=O) groups is 1. The predicted octanol–water partition coefficient (Wildman–Crippen LogP) is 3.85. The van der Waals surface area contributed by atoms with Crippen LogP contribution >= 0.6 is 0 Å². The van der Waals surface area contributed by atoms with E-state index in [2.05, 4.69) is 27.4 Å². The molecular formula is C21H22N4O. The molecule has 1 aliphatic rings. The highest BCUT2D eigenvalue weighted by molar-refractivity contribution is 5.95. The third-order valence-corrected chi connectivity index (χ3v) is 4.74. The molecule has 0 saturated carbocycles. The minimum absolute atomic E-state index is 0.108. The Hall–Kier alpha value is -3.08. The molecule has 1 aromatic heterocycles. The van der Waals surface area contributed by atoms with Gasteiger partial charge in [-0.15, -0.1) is 0 Å². The van der Waals surface area contributed by atoms with Crippen LogP contribution in [0.3, 0.4) is 0 Å². The van der Waals surface area contributed by atoms with E-state index in [9.17, 15) is 4.79 Å². The van der Waals surface area contributed by atoms with Gasteiger partial charge < -0.3 is 15.2 Å². The molecule has 5 heteroatoms. The molecule has 2 aromatic carbocycles. The van der Waals surface area contributed by atoms with Gasteiger partial charge in [0.05, 0.1) is 0 Å². The summed E-state index contributed by atoms with van der Waals surface area (Å²) in [5.74, 6) is 0.952. The van der Waals surface area contributed by atoms with E-state index in [1.165, 1.54) is 0 Å². The maximum atomic E-state index is 12.7. The van der Waals surface area contributed by atoms with Crippen LogP contribution < -0.4 is 5.32 Å². The van der Waals surface area contributed by atoms with Crippen molar-refractivity contribution in [3.63, 3.8) is 0 Å². The van der Waals surface area contributed by atoms with E-state index in [0.29, 0.717) is 0 Å². The van der Waals surface area contributed by atoms with Gasteiger partial charge in [0, 0.05) is 36.7 Å². The minimum atomic E-state index is -0.108. The number of amides is 1. The quantitative estimate of drug-likeness (QED) is 0.738. The van der Waals surface area contributed by atoms with Crippen LogP contribution in [0, 0.1) is 0 Å². The van der Waals surface area contributed by atoms with E-state index in [4.69, 9.17) is 0 Å². The number of benzene rings is 2. The van der Waals surface area contributed by atoms with Crippen LogP contribution in [0.15, 0.2) is 67.0 Å². The molecule has 5 nitrogen and oxygen atoms in total. The standard InChI is InChI=1S/C21H22N4O/c26-21(25-13-4-5-14-25)17-9-6-10-18(15-17)24-19(20-22-11-12-23-20)16-7-2-1-3-8-16/h1-3,6-12,15,19,24H,4-5,13-14H2,(H,22,23)/t19-/m0/s1. The molecule has 0 aliphatic carbocycles. The first-order valence-electron chi connectivity index (χ1n) is 9.01. The molecule has 1 aliphatic heterocycles. The van der Waals surface area contributed by atoms with Gasteiger partial charge in [0.1, 0.15) is 11.9 Å². The largest absolute Gasteiger partial charge is 0.372 e. The number of H-pyrrole nitrogens is 1. The molecule has 4 rings (SSSR count). The number of anilines is 1. The number of nitrogens with zero attached hydrogens (tertiary/aromatic N) is 2. The lowest BCUT2D eigenvalue weighted by Gasteiger charge is -2.20. The van der Waals surface area contributed by atoms with Crippen molar-refractivity contribution in [3.8, 4) is 0 Å². The fourth-order valence-electron chi connectivity index (χ4n) is 3.40. The van der Waals surface area contributed by atoms with Crippen LogP contribution in [0.25, 0.3) is 0 Å². The maximum Gasteiger partial charge on any atom is 0.253 e. The molecular weight excluding hydrogens is 324 g/mol. The first kappa shape index (κ1) is 16.4. The van der Waals surface area contributed by atoms with E-state index < -0.39 is 0 Å². The third kappa shape index (κ3) is 3.47. The van der Waals surface area contributed by atoms with Gasteiger partial charge >= 0.3 is 0 Å². The zero-order valence-electron chi connectivity index (χ0n) is 14.6. The normalized spacial score (nSPS) is 15.0. The molecule has 2 heterocycles. The Morgan fingerprint density at radius 3 is 2.62 bits per heavy atom. The Bertz CT molecular complexity index is 855. The monoisotopic (exact) mass is 346 g/mol. The summed E-state index contributed by atoms with van der Waals surface area (Å²) in [6.07, 6.45) is 5.76. The molecule has 1 fully saturated rings. The molecule has 0 bridgehead atoms. The lowest BCUT2D eigenvalue weighted by molar-refractivity contribution is 0.0793. The summed E-state index contributed by atoms with van der Waals surface area (Å²) in [6.45, 7) is 1.71. The summed E-state index contributed by atoms with van der Waals surface area (Å²) in [7, 11) is 0. The Kier molecular flexibility index (Phi) is 4.69. The highest BCUT2D eigenvalue weighted by Gasteiger charge is 2.21. The second-order valence-electron chi connectivity index (χ2n) is 6.54. The van der Waals surface area contributed by atoms with Crippen LogP contribution in [-0.4, -0.2) is 33.9 Å². The summed E-state index contributed by atoms with van der Waals surface area (Å²) >= 11 is 0. The fraction of sp³-hybridized carbons (Fsp3) is 0.238. The molecule has 1 amide bonds. The average molecular weight is 346 g/mol. The number of rotatable bonds is 5. The summed E-state index contributed by atoms with van der Waals surface area (Å²) in [5.41, 5.74) is 2.74. The molecule has 0 spiro atoms. The average Bonchev–Trinajstić information content (AvgIpc) is 3.40. The molecule has 0 radical (unpaired) electrons. The van der Waals surface area contributed by atoms with E-state index in [1.807, 2.05) is 53.6 Å². The van der Waals surface area contributed by atoms with Crippen LogP contribution in [0.1, 0.15) is 40.6 Å². The van der Waals surface area contributed by atoms with Gasteiger partial charge in [-0.25, -0.2) is 4.98 Å². The maximum absolute atomic E-state index is 12.7. The van der Waals surface area contributed by atoms with E-state index >= 15 is 0 Å². The van der Waals surface area contributed by atoms with Gasteiger partial charge in [0.2, 0.25) is 0 Å². The van der Waals surface area contributed by atoms with Gasteiger partial charge in [-0.3, -0.25) is 4.79 Å². The Morgan fingerprint density at radius 1 is 1.08 bits per heavy atom. The van der Waals surface area contributed by atoms with E-state index in [1.54, 1.807) is 6.20 Å². The molecule has 3 aromatic rings. The Morgan fingerprint density at radius 2 is 1.88 bits per heavy atom. The smallest absolute Gasteiger partial charge is 0.253 e. The van der Waals surface area contributed by atoms with Crippen molar-refractivity contribution in [2.24, 2.45) is 0 Å². The van der Waals surface area contributed by atoms with Crippen LogP contribution in [0.5, 0.6) is 0 Å². The second kappa shape index (κ2) is 7.44. The minimum Gasteiger partial charge on any atom is -0.372 e. The Balaban J connectivity index is 1.60. The van der Waals surface area contributed by atoms with Crippen molar-refractivity contribution in [2.45, 2.75) is 18.9 Å². The van der Waals surface area contributed by atoms with E-state index in [-0.39, 0.29) is 11.9 Å². The number of hydrogen-bond donors (Lipinski definition) is 2. The fourth-order valence-corrected chi connectivity index (χ4v) is 3.40. The van der Waals surface area contributed by atoms with E-state index in [0.717, 1.165) is 48.6 Å². The lowest BCUT2D eigenvalue weighted by atomic mass is 10.1. The lowest BCUT2D eigenvalue weighted by Crippen LogP contribution is -2.27. The molecule has 1 saturated heterocycles. The van der Waals surface area contributed by atoms with Gasteiger partial charge in [-0.2, -0.15) is 0 Å². The SMILES string of the molecule is O=C(c1cccc(N[C@@H](c2ccccc2)c2ncc[nH]2)c1)N1CCCC1. The predicted molar refractivity (Wildman–Crippen MR) is 102 cm³/mol. The van der Waals surface area contributed by atoms with Crippen molar-refractivity contribution >= 4 is 11.6 Å². The van der Waals surface area contributed by atoms with Crippen LogP contribution in [0.2, 0.25) is 0 Å². The molecule has 2 N–H and O–H groups in total. The third-order valence-electron chi connectivity index (χ3n) is 4.74. The summed E-state index contributed by atoms with van der Waals surface area (Å²) in [5, 5.41) is 3.52. The number of hydrogen-bond acceptors (Lipinski definition) is 3. The zero-order valence-corrected chi connectivity index (χ0v) is 14.6. The van der Waals surface area contributed by atoms with Crippen molar-refractivity contribution < 1.29 is 4.79 Å². The molecule has 1 atom stereocenters. The topological polar surface area (TPSA) is 61.0 Å². The number of aromatic nitrogens is 2. The van der Waals surface area contributed by atoms with Gasteiger partial charge in [-0.05, 0) is 36.6 Å². The summed E-state index contributed by atoms with van der Waals surface area (Å²) in [6, 6.07) is 17.8.